The summed E-state index contributed by atoms with van der Waals surface area (Å²) >= 11 is 6.39. The molecule has 2 N–H and O–H groups in total. The minimum Gasteiger partial charge on any atom is -0.376 e. The standard InChI is InChI=1S/C32H34ClFN2O6/c1-18(2)30-11-20-4-5-22(33)12-25(20)26-14-31(38)36(15-21(26)16-42-30)28(13-23-17-40-7-8-41-23)29(37)10-19-3-6-24(32(35)39)27(34)9-19/h3-6,9,12,14-15,18,23,28,30H,7-8,10-11,13,16-17H2,1-2H3,(H2,35,39)/t23-,28?,30?/m1/s1. The predicted octanol–water partition coefficient (Wildman–Crippen LogP) is 4.66. The maximum absolute atomic E-state index is 14.5. The molecular weight excluding hydrogens is 563 g/mol. The van der Waals surface area contributed by atoms with Gasteiger partial charge in [-0.05, 0) is 58.9 Å². The van der Waals surface area contributed by atoms with Gasteiger partial charge in [0, 0.05) is 35.7 Å². The number of carbonyl (C=O) groups is 2. The first-order valence-corrected chi connectivity index (χ1v) is 14.4. The number of nitrogens with zero attached hydrogens (tertiary/aromatic N) is 1. The van der Waals surface area contributed by atoms with Gasteiger partial charge in [-0.25, -0.2) is 4.39 Å². The van der Waals surface area contributed by atoms with E-state index in [4.69, 9.17) is 31.5 Å². The van der Waals surface area contributed by atoms with Gasteiger partial charge in [0.15, 0.2) is 5.78 Å². The summed E-state index contributed by atoms with van der Waals surface area (Å²) in [6.07, 6.45) is 1.93. The number of benzene rings is 2. The van der Waals surface area contributed by atoms with Crippen molar-refractivity contribution >= 4 is 23.3 Å². The highest BCUT2D eigenvalue weighted by molar-refractivity contribution is 6.30. The molecule has 2 aromatic carbocycles. The van der Waals surface area contributed by atoms with Gasteiger partial charge in [-0.2, -0.15) is 0 Å². The topological polar surface area (TPSA) is 110 Å². The molecule has 3 atom stereocenters. The van der Waals surface area contributed by atoms with Crippen molar-refractivity contribution in [2.24, 2.45) is 11.7 Å². The molecule has 5 rings (SSSR count). The van der Waals surface area contributed by atoms with Crippen LogP contribution in [0.1, 0.15) is 53.4 Å². The van der Waals surface area contributed by atoms with Gasteiger partial charge in [0.25, 0.3) is 11.5 Å². The van der Waals surface area contributed by atoms with Crippen molar-refractivity contribution in [1.82, 2.24) is 4.57 Å². The van der Waals surface area contributed by atoms with Crippen molar-refractivity contribution in [3.8, 4) is 11.1 Å². The molecule has 222 valence electrons. The van der Waals surface area contributed by atoms with Crippen LogP contribution < -0.4 is 11.3 Å². The fourth-order valence-electron chi connectivity index (χ4n) is 5.59. The van der Waals surface area contributed by atoms with Crippen LogP contribution in [0.5, 0.6) is 0 Å². The fourth-order valence-corrected chi connectivity index (χ4v) is 5.76. The lowest BCUT2D eigenvalue weighted by atomic mass is 9.89. The number of hydrogen-bond acceptors (Lipinski definition) is 6. The van der Waals surface area contributed by atoms with Gasteiger partial charge in [-0.3, -0.25) is 14.4 Å². The number of aromatic nitrogens is 1. The van der Waals surface area contributed by atoms with Crippen LogP contribution in [0.2, 0.25) is 5.02 Å². The number of fused-ring (bicyclic) bond motifs is 3. The molecule has 2 aliphatic rings. The van der Waals surface area contributed by atoms with E-state index in [1.54, 1.807) is 6.20 Å². The zero-order valence-corrected chi connectivity index (χ0v) is 24.4. The lowest BCUT2D eigenvalue weighted by Crippen LogP contribution is -2.37. The van der Waals surface area contributed by atoms with Crippen LogP contribution in [0.3, 0.4) is 0 Å². The summed E-state index contributed by atoms with van der Waals surface area (Å²) in [6, 6.07) is 10.1. The Hall–Kier alpha value is -3.37. The molecule has 2 aliphatic heterocycles. The number of pyridine rings is 1. The second-order valence-corrected chi connectivity index (χ2v) is 11.6. The molecule has 1 aromatic heterocycles. The van der Waals surface area contributed by atoms with Crippen molar-refractivity contribution in [3.05, 3.63) is 92.1 Å². The number of amides is 1. The van der Waals surface area contributed by atoms with Crippen LogP contribution >= 0.6 is 11.6 Å². The van der Waals surface area contributed by atoms with E-state index >= 15 is 0 Å². The number of rotatable bonds is 8. The molecule has 42 heavy (non-hydrogen) atoms. The Morgan fingerprint density at radius 1 is 1.07 bits per heavy atom. The number of halogens is 2. The van der Waals surface area contributed by atoms with Crippen molar-refractivity contribution in [1.29, 1.82) is 0 Å². The summed E-state index contributed by atoms with van der Waals surface area (Å²) in [6.45, 7) is 5.57. The molecule has 8 nitrogen and oxygen atoms in total. The maximum Gasteiger partial charge on any atom is 0.251 e. The third-order valence-electron chi connectivity index (χ3n) is 7.90. The Bertz CT molecular complexity index is 1550. The molecule has 1 amide bonds. The molecule has 0 radical (unpaired) electrons. The number of primary amides is 1. The lowest BCUT2D eigenvalue weighted by molar-refractivity contribution is -0.126. The third kappa shape index (κ3) is 6.65. The summed E-state index contributed by atoms with van der Waals surface area (Å²) in [5, 5.41) is 0.559. The molecule has 0 spiro atoms. The second-order valence-electron chi connectivity index (χ2n) is 11.2. The summed E-state index contributed by atoms with van der Waals surface area (Å²) in [5.74, 6) is -1.76. The quantitative estimate of drug-likeness (QED) is 0.405. The minimum absolute atomic E-state index is 0.0538. The number of Topliss-reactive ketones (excluding diaryl/α,β-unsaturated/α-hetero) is 1. The Balaban J connectivity index is 1.55. The second kappa shape index (κ2) is 12.9. The van der Waals surface area contributed by atoms with Crippen LogP contribution in [0.4, 0.5) is 4.39 Å². The normalized spacial score (nSPS) is 19.4. The van der Waals surface area contributed by atoms with Crippen LogP contribution in [0.15, 0.2) is 53.5 Å². The largest absolute Gasteiger partial charge is 0.376 e. The molecule has 1 fully saturated rings. The van der Waals surface area contributed by atoms with E-state index in [-0.39, 0.29) is 55.0 Å². The Kier molecular flexibility index (Phi) is 9.22. The highest BCUT2D eigenvalue weighted by Gasteiger charge is 2.30. The van der Waals surface area contributed by atoms with Gasteiger partial charge >= 0.3 is 0 Å². The molecule has 1 saturated heterocycles. The van der Waals surface area contributed by atoms with E-state index < -0.39 is 23.9 Å². The van der Waals surface area contributed by atoms with Crippen molar-refractivity contribution < 1.29 is 28.2 Å². The Labute approximate surface area is 248 Å². The number of hydrogen-bond donors (Lipinski definition) is 1. The van der Waals surface area contributed by atoms with Gasteiger partial charge in [-0.1, -0.05) is 37.6 Å². The molecule has 10 heteroatoms. The summed E-state index contributed by atoms with van der Waals surface area (Å²) < 4.78 is 33.6. The average molecular weight is 597 g/mol. The average Bonchev–Trinajstić information content (AvgIpc) is 2.94. The van der Waals surface area contributed by atoms with Gasteiger partial charge in [-0.15, -0.1) is 0 Å². The highest BCUT2D eigenvalue weighted by atomic mass is 35.5. The van der Waals surface area contributed by atoms with Crippen molar-refractivity contribution in [3.63, 3.8) is 0 Å². The Morgan fingerprint density at radius 2 is 1.86 bits per heavy atom. The van der Waals surface area contributed by atoms with Gasteiger partial charge in [0.1, 0.15) is 5.82 Å². The van der Waals surface area contributed by atoms with E-state index in [0.717, 1.165) is 22.8 Å². The summed E-state index contributed by atoms with van der Waals surface area (Å²) in [5.41, 5.74) is 8.31. The first-order chi connectivity index (χ1) is 20.1. The van der Waals surface area contributed by atoms with E-state index in [1.165, 1.54) is 22.8 Å². The number of ketones is 1. The minimum atomic E-state index is -0.918. The third-order valence-corrected chi connectivity index (χ3v) is 8.13. The fraction of sp³-hybridized carbons (Fsp3) is 0.406. The van der Waals surface area contributed by atoms with Crippen LogP contribution in [0, 0.1) is 11.7 Å². The first kappa shape index (κ1) is 30.1. The SMILES string of the molecule is CC(C)C1Cc2ccc(Cl)cc2-c2cc(=O)n(C(C[C@@H]3COCCO3)C(=O)Cc3ccc(C(N)=O)c(F)c3)cc2CO1. The number of carbonyl (C=O) groups excluding carboxylic acids is 2. The summed E-state index contributed by atoms with van der Waals surface area (Å²) in [4.78, 5) is 39.0. The van der Waals surface area contributed by atoms with E-state index in [2.05, 4.69) is 13.8 Å². The van der Waals surface area contributed by atoms with E-state index in [9.17, 15) is 18.8 Å². The molecule has 3 heterocycles. The molecular formula is C32H34ClFN2O6. The summed E-state index contributed by atoms with van der Waals surface area (Å²) in [7, 11) is 0. The van der Waals surface area contributed by atoms with Crippen LogP contribution in [-0.2, 0) is 38.5 Å². The van der Waals surface area contributed by atoms with Gasteiger partial charge in [0.05, 0.1) is 50.2 Å². The first-order valence-electron chi connectivity index (χ1n) is 14.1. The molecule has 0 saturated carbocycles. The molecule has 3 aromatic rings. The Morgan fingerprint density at radius 3 is 2.55 bits per heavy atom. The van der Waals surface area contributed by atoms with Crippen LogP contribution in [-0.4, -0.2) is 48.3 Å². The smallest absolute Gasteiger partial charge is 0.251 e. The number of nitrogens with two attached hydrogens (primary N) is 1. The zero-order chi connectivity index (χ0) is 30.0. The monoisotopic (exact) mass is 596 g/mol. The highest BCUT2D eigenvalue weighted by Crippen LogP contribution is 2.34. The zero-order valence-electron chi connectivity index (χ0n) is 23.6. The van der Waals surface area contributed by atoms with Gasteiger partial charge in [0.2, 0.25) is 0 Å². The number of ether oxygens (including phenoxy) is 3. The van der Waals surface area contributed by atoms with Crippen LogP contribution in [0.25, 0.3) is 11.1 Å². The van der Waals surface area contributed by atoms with E-state index in [1.807, 2.05) is 18.2 Å². The molecule has 2 unspecified atom stereocenters. The predicted molar refractivity (Wildman–Crippen MR) is 156 cm³/mol. The van der Waals surface area contributed by atoms with Crippen molar-refractivity contribution in [2.75, 3.05) is 19.8 Å². The molecule has 0 bridgehead atoms. The van der Waals surface area contributed by atoms with E-state index in [0.29, 0.717) is 35.8 Å². The lowest BCUT2D eigenvalue weighted by Gasteiger charge is -2.30. The molecule has 0 aliphatic carbocycles. The maximum atomic E-state index is 14.5. The van der Waals surface area contributed by atoms with Crippen molar-refractivity contribution in [2.45, 2.75) is 58.0 Å². The van der Waals surface area contributed by atoms with Gasteiger partial charge < -0.3 is 24.5 Å².